The number of hydrogen-bond acceptors (Lipinski definition) is 3. The van der Waals surface area contributed by atoms with Gasteiger partial charge in [0.1, 0.15) is 18.0 Å². The first kappa shape index (κ1) is 17.0. The van der Waals surface area contributed by atoms with Crippen LogP contribution in [0.2, 0.25) is 10.0 Å². The smallest absolute Gasteiger partial charge is 0.242 e. The predicted octanol–water partition coefficient (Wildman–Crippen LogP) is 0.577. The van der Waals surface area contributed by atoms with Crippen LogP contribution in [0.25, 0.3) is 0 Å². The van der Waals surface area contributed by atoms with Crippen LogP contribution in [0, 0.1) is 0 Å². The molecule has 1 heterocycles. The molecule has 21 heavy (non-hydrogen) atoms. The fourth-order valence-electron chi connectivity index (χ4n) is 2.23. The first-order valence-corrected chi connectivity index (χ1v) is 9.09. The summed E-state index contributed by atoms with van der Waals surface area (Å²) >= 11 is 11.7. The highest BCUT2D eigenvalue weighted by Gasteiger charge is 2.18. The van der Waals surface area contributed by atoms with Crippen LogP contribution < -0.4 is 9.62 Å². The van der Waals surface area contributed by atoms with Gasteiger partial charge in [-0.25, -0.2) is 13.1 Å². The fourth-order valence-corrected chi connectivity index (χ4v) is 4.07. The monoisotopic (exact) mass is 353 g/mol. The lowest BCUT2D eigenvalue weighted by molar-refractivity contribution is -0.908. The summed E-state index contributed by atoms with van der Waals surface area (Å²) < 4.78 is 32.2. The second-order valence-corrected chi connectivity index (χ2v) is 7.52. The van der Waals surface area contributed by atoms with Crippen LogP contribution in [0.5, 0.6) is 0 Å². The largest absolute Gasteiger partial charge is 0.370 e. The van der Waals surface area contributed by atoms with E-state index in [4.69, 9.17) is 27.9 Å². The van der Waals surface area contributed by atoms with Gasteiger partial charge in [-0.3, -0.25) is 0 Å². The quantitative estimate of drug-likeness (QED) is 0.735. The van der Waals surface area contributed by atoms with Crippen molar-refractivity contribution in [3.63, 3.8) is 0 Å². The summed E-state index contributed by atoms with van der Waals surface area (Å²) in [6.45, 7) is 4.85. The zero-order chi connectivity index (χ0) is 15.3. The molecule has 2 N–H and O–H groups in total. The Labute approximate surface area is 135 Å². The van der Waals surface area contributed by atoms with Crippen LogP contribution in [-0.2, 0) is 14.8 Å². The van der Waals surface area contributed by atoms with Crippen LogP contribution >= 0.6 is 23.2 Å². The van der Waals surface area contributed by atoms with Gasteiger partial charge in [-0.05, 0) is 18.2 Å². The van der Waals surface area contributed by atoms with Crippen molar-refractivity contribution in [1.82, 2.24) is 4.72 Å². The molecule has 0 unspecified atom stereocenters. The van der Waals surface area contributed by atoms with Crippen molar-refractivity contribution < 1.29 is 18.1 Å². The highest BCUT2D eigenvalue weighted by Crippen LogP contribution is 2.24. The van der Waals surface area contributed by atoms with Gasteiger partial charge < -0.3 is 9.64 Å². The van der Waals surface area contributed by atoms with Crippen molar-refractivity contribution in [2.45, 2.75) is 11.3 Å². The Hall–Kier alpha value is -0.370. The summed E-state index contributed by atoms with van der Waals surface area (Å²) in [5.41, 5.74) is 0. The highest BCUT2D eigenvalue weighted by atomic mass is 35.5. The summed E-state index contributed by atoms with van der Waals surface area (Å²) in [7, 11) is -3.59. The average Bonchev–Trinajstić information content (AvgIpc) is 2.44. The molecule has 2 rings (SSSR count). The lowest BCUT2D eigenvalue weighted by atomic mass is 10.3. The number of sulfonamides is 1. The Bertz CT molecular complexity index is 575. The summed E-state index contributed by atoms with van der Waals surface area (Å²) in [4.78, 5) is 1.51. The normalized spacial score (nSPS) is 17.0. The molecule has 1 aromatic carbocycles. The Kier molecular flexibility index (Phi) is 6.28. The van der Waals surface area contributed by atoms with Crippen LogP contribution in [0.4, 0.5) is 0 Å². The molecule has 0 atom stereocenters. The molecule has 0 saturated carbocycles. The molecule has 0 aliphatic carbocycles. The molecule has 1 fully saturated rings. The lowest BCUT2D eigenvalue weighted by Crippen LogP contribution is -3.14. The van der Waals surface area contributed by atoms with Crippen molar-refractivity contribution in [1.29, 1.82) is 0 Å². The van der Waals surface area contributed by atoms with E-state index in [1.165, 1.54) is 23.1 Å². The molecule has 0 radical (unpaired) electrons. The number of ether oxygens (including phenoxy) is 1. The summed E-state index contributed by atoms with van der Waals surface area (Å²) in [6, 6.07) is 4.36. The minimum absolute atomic E-state index is 0.0623. The number of hydrogen-bond donors (Lipinski definition) is 2. The maximum absolute atomic E-state index is 12.1. The van der Waals surface area contributed by atoms with Gasteiger partial charge in [0.25, 0.3) is 0 Å². The van der Waals surface area contributed by atoms with E-state index in [0.717, 1.165) is 39.3 Å². The van der Waals surface area contributed by atoms with Gasteiger partial charge in [-0.1, -0.05) is 23.2 Å². The molecule has 1 aliphatic rings. The second kappa shape index (κ2) is 7.76. The Morgan fingerprint density at radius 3 is 2.62 bits per heavy atom. The highest BCUT2D eigenvalue weighted by molar-refractivity contribution is 7.89. The molecule has 118 valence electrons. The van der Waals surface area contributed by atoms with Gasteiger partial charge in [-0.2, -0.15) is 0 Å². The fraction of sp³-hybridized carbons (Fsp3) is 0.538. The predicted molar refractivity (Wildman–Crippen MR) is 82.7 cm³/mol. The third kappa shape index (κ3) is 5.09. The maximum Gasteiger partial charge on any atom is 0.242 e. The molecule has 8 heteroatoms. The van der Waals surface area contributed by atoms with Gasteiger partial charge in [0.2, 0.25) is 10.0 Å². The number of rotatable bonds is 6. The summed E-state index contributed by atoms with van der Waals surface area (Å²) in [6.07, 6.45) is 0.778. The minimum atomic E-state index is -3.59. The molecule has 0 spiro atoms. The van der Waals surface area contributed by atoms with Gasteiger partial charge in [0, 0.05) is 18.0 Å². The van der Waals surface area contributed by atoms with E-state index < -0.39 is 10.0 Å². The van der Waals surface area contributed by atoms with E-state index in [-0.39, 0.29) is 9.92 Å². The molecule has 1 aromatic rings. The van der Waals surface area contributed by atoms with Crippen LogP contribution in [0.3, 0.4) is 0 Å². The minimum Gasteiger partial charge on any atom is -0.370 e. The summed E-state index contributed by atoms with van der Waals surface area (Å²) in [5.74, 6) is 0. The van der Waals surface area contributed by atoms with Crippen molar-refractivity contribution in [3.05, 3.63) is 28.2 Å². The molecule has 0 bridgehead atoms. The molecule has 1 aliphatic heterocycles. The Morgan fingerprint density at radius 2 is 1.95 bits per heavy atom. The molecular formula is C13H19Cl2N2O3S+. The van der Waals surface area contributed by atoms with Crippen molar-refractivity contribution in [2.75, 3.05) is 39.4 Å². The first-order valence-electron chi connectivity index (χ1n) is 6.85. The van der Waals surface area contributed by atoms with E-state index in [1.54, 1.807) is 0 Å². The van der Waals surface area contributed by atoms with Gasteiger partial charge in [0.15, 0.2) is 0 Å². The third-order valence-electron chi connectivity index (χ3n) is 3.38. The third-order valence-corrected chi connectivity index (χ3v) is 5.56. The lowest BCUT2D eigenvalue weighted by Gasteiger charge is -2.23. The first-order chi connectivity index (χ1) is 9.99. The van der Waals surface area contributed by atoms with Crippen molar-refractivity contribution >= 4 is 33.2 Å². The Morgan fingerprint density at radius 1 is 1.24 bits per heavy atom. The zero-order valence-electron chi connectivity index (χ0n) is 11.6. The molecular weight excluding hydrogens is 335 g/mol. The van der Waals surface area contributed by atoms with Crippen molar-refractivity contribution in [2.24, 2.45) is 0 Å². The Balaban J connectivity index is 1.83. The van der Waals surface area contributed by atoms with Crippen molar-refractivity contribution in [3.8, 4) is 0 Å². The molecule has 0 amide bonds. The maximum atomic E-state index is 12.1. The molecule has 5 nitrogen and oxygen atoms in total. The van der Waals surface area contributed by atoms with Gasteiger partial charge in [0.05, 0.1) is 24.8 Å². The van der Waals surface area contributed by atoms with Crippen LogP contribution in [0.15, 0.2) is 23.1 Å². The number of benzene rings is 1. The zero-order valence-corrected chi connectivity index (χ0v) is 13.9. The van der Waals surface area contributed by atoms with E-state index in [1.807, 2.05) is 0 Å². The van der Waals surface area contributed by atoms with E-state index >= 15 is 0 Å². The number of nitrogens with one attached hydrogen (secondary N) is 2. The van der Waals surface area contributed by atoms with Crippen LogP contribution in [-0.4, -0.2) is 47.8 Å². The molecule has 1 saturated heterocycles. The van der Waals surface area contributed by atoms with E-state index in [0.29, 0.717) is 11.6 Å². The SMILES string of the molecule is O=S(=O)(NCCC[NH+]1CCOCC1)c1ccc(Cl)cc1Cl. The average molecular weight is 354 g/mol. The number of halogens is 2. The summed E-state index contributed by atoms with van der Waals surface area (Å²) in [5, 5.41) is 0.545. The van der Waals surface area contributed by atoms with Gasteiger partial charge in [-0.15, -0.1) is 0 Å². The standard InChI is InChI=1S/C13H18Cl2N2O3S/c14-11-2-3-13(12(15)10-11)21(18,19)16-4-1-5-17-6-8-20-9-7-17/h2-3,10,16H,1,4-9H2/p+1. The van der Waals surface area contributed by atoms with E-state index in [2.05, 4.69) is 4.72 Å². The second-order valence-electron chi connectivity index (χ2n) is 4.94. The topological polar surface area (TPSA) is 59.8 Å². The number of morpholine rings is 1. The van der Waals surface area contributed by atoms with Crippen LogP contribution in [0.1, 0.15) is 6.42 Å². The van der Waals surface area contributed by atoms with E-state index in [9.17, 15) is 8.42 Å². The number of quaternary nitrogens is 1. The molecule has 0 aromatic heterocycles. The van der Waals surface area contributed by atoms with Gasteiger partial charge >= 0.3 is 0 Å².